The fourth-order valence-corrected chi connectivity index (χ4v) is 2.07. The zero-order valence-corrected chi connectivity index (χ0v) is 12.2. The number of aromatic nitrogens is 2. The van der Waals surface area contributed by atoms with Gasteiger partial charge in [-0.15, -0.1) is 0 Å². The predicted octanol–water partition coefficient (Wildman–Crippen LogP) is 3.85. The second kappa shape index (κ2) is 6.05. The largest absolute Gasteiger partial charge is 0.492 e. The summed E-state index contributed by atoms with van der Waals surface area (Å²) >= 11 is 3.40. The Balaban J connectivity index is 1.88. The van der Waals surface area contributed by atoms with Crippen molar-refractivity contribution < 1.29 is 4.74 Å². The van der Waals surface area contributed by atoms with Crippen LogP contribution in [0, 0.1) is 0 Å². The lowest BCUT2D eigenvalue weighted by atomic mass is 10.2. The van der Waals surface area contributed by atoms with Crippen LogP contribution in [0.4, 0.5) is 0 Å². The topological polar surface area (TPSA) is 27.1 Å². The number of halogens is 1. The van der Waals surface area contributed by atoms with Crippen LogP contribution in [0.1, 0.15) is 25.6 Å². The van der Waals surface area contributed by atoms with Crippen molar-refractivity contribution in [3.05, 3.63) is 47.0 Å². The molecule has 0 radical (unpaired) electrons. The van der Waals surface area contributed by atoms with Crippen LogP contribution in [0.15, 0.2) is 41.1 Å². The second-order valence-corrected chi connectivity index (χ2v) is 5.35. The molecule has 18 heavy (non-hydrogen) atoms. The standard InChI is InChI=1S/C14H17BrN2O/c1-11(2)14-16-7-8-17(14)9-10-18-13-5-3-12(15)4-6-13/h3-8,11H,9-10H2,1-2H3. The Kier molecular flexibility index (Phi) is 4.42. The van der Waals surface area contributed by atoms with Gasteiger partial charge < -0.3 is 9.30 Å². The summed E-state index contributed by atoms with van der Waals surface area (Å²) in [5.74, 6) is 2.44. The molecule has 0 saturated carbocycles. The molecule has 2 aromatic rings. The lowest BCUT2D eigenvalue weighted by molar-refractivity contribution is 0.295. The van der Waals surface area contributed by atoms with E-state index in [1.165, 1.54) is 0 Å². The van der Waals surface area contributed by atoms with Gasteiger partial charge in [-0.3, -0.25) is 0 Å². The summed E-state index contributed by atoms with van der Waals surface area (Å²) in [6.07, 6.45) is 3.84. The van der Waals surface area contributed by atoms with Crippen molar-refractivity contribution in [2.75, 3.05) is 6.61 Å². The molecule has 0 atom stereocenters. The Hall–Kier alpha value is -1.29. The van der Waals surface area contributed by atoms with E-state index in [2.05, 4.69) is 39.3 Å². The highest BCUT2D eigenvalue weighted by atomic mass is 79.9. The van der Waals surface area contributed by atoms with Gasteiger partial charge in [0.25, 0.3) is 0 Å². The lowest BCUT2D eigenvalue weighted by Crippen LogP contribution is -2.11. The molecule has 0 unspecified atom stereocenters. The fourth-order valence-electron chi connectivity index (χ4n) is 1.80. The molecule has 1 aromatic carbocycles. The summed E-state index contributed by atoms with van der Waals surface area (Å²) in [4.78, 5) is 4.35. The Morgan fingerprint density at radius 1 is 1.28 bits per heavy atom. The fraction of sp³-hybridized carbons (Fsp3) is 0.357. The minimum absolute atomic E-state index is 0.438. The number of ether oxygens (including phenoxy) is 1. The van der Waals surface area contributed by atoms with E-state index in [0.29, 0.717) is 12.5 Å². The van der Waals surface area contributed by atoms with Crippen LogP contribution in [-0.4, -0.2) is 16.2 Å². The molecule has 4 heteroatoms. The molecule has 0 aliphatic carbocycles. The zero-order valence-electron chi connectivity index (χ0n) is 10.6. The first kappa shape index (κ1) is 13.1. The van der Waals surface area contributed by atoms with E-state index >= 15 is 0 Å². The van der Waals surface area contributed by atoms with Gasteiger partial charge in [-0.05, 0) is 24.3 Å². The Bertz CT molecular complexity index is 491. The van der Waals surface area contributed by atoms with Crippen molar-refractivity contribution in [2.45, 2.75) is 26.3 Å². The third-order valence-corrected chi connectivity index (χ3v) is 3.21. The molecule has 0 N–H and O–H groups in total. The molecule has 96 valence electrons. The molecule has 0 spiro atoms. The molecule has 2 rings (SSSR count). The van der Waals surface area contributed by atoms with Crippen LogP contribution in [0.3, 0.4) is 0 Å². The molecule has 0 saturated heterocycles. The zero-order chi connectivity index (χ0) is 13.0. The Morgan fingerprint density at radius 3 is 2.67 bits per heavy atom. The molecule has 0 aliphatic heterocycles. The Morgan fingerprint density at radius 2 is 2.00 bits per heavy atom. The molecule has 1 heterocycles. The maximum absolute atomic E-state index is 5.70. The summed E-state index contributed by atoms with van der Waals surface area (Å²) in [5.41, 5.74) is 0. The molecule has 0 aliphatic rings. The van der Waals surface area contributed by atoms with Crippen LogP contribution in [0.2, 0.25) is 0 Å². The van der Waals surface area contributed by atoms with E-state index in [-0.39, 0.29) is 0 Å². The van der Waals surface area contributed by atoms with Crippen molar-refractivity contribution in [3.63, 3.8) is 0 Å². The summed E-state index contributed by atoms with van der Waals surface area (Å²) < 4.78 is 8.90. The van der Waals surface area contributed by atoms with Gasteiger partial charge in [0.1, 0.15) is 18.2 Å². The van der Waals surface area contributed by atoms with Gasteiger partial charge in [0, 0.05) is 22.8 Å². The van der Waals surface area contributed by atoms with Crippen LogP contribution < -0.4 is 4.74 Å². The van der Waals surface area contributed by atoms with Gasteiger partial charge in [-0.2, -0.15) is 0 Å². The first-order valence-corrected chi connectivity index (χ1v) is 6.85. The van der Waals surface area contributed by atoms with Crippen LogP contribution in [0.5, 0.6) is 5.75 Å². The van der Waals surface area contributed by atoms with E-state index in [0.717, 1.165) is 22.6 Å². The maximum Gasteiger partial charge on any atom is 0.119 e. The molecular weight excluding hydrogens is 292 g/mol. The van der Waals surface area contributed by atoms with E-state index < -0.39 is 0 Å². The van der Waals surface area contributed by atoms with E-state index in [1.54, 1.807) is 0 Å². The van der Waals surface area contributed by atoms with E-state index in [4.69, 9.17) is 4.74 Å². The average Bonchev–Trinajstić information content (AvgIpc) is 2.80. The molecular formula is C14H17BrN2O. The highest BCUT2D eigenvalue weighted by molar-refractivity contribution is 9.10. The SMILES string of the molecule is CC(C)c1nccn1CCOc1ccc(Br)cc1. The van der Waals surface area contributed by atoms with Gasteiger partial charge in [0.2, 0.25) is 0 Å². The number of nitrogens with zero attached hydrogens (tertiary/aromatic N) is 2. The second-order valence-electron chi connectivity index (χ2n) is 4.44. The van der Waals surface area contributed by atoms with E-state index in [1.807, 2.05) is 36.7 Å². The molecule has 0 fully saturated rings. The van der Waals surface area contributed by atoms with Crippen LogP contribution >= 0.6 is 15.9 Å². The van der Waals surface area contributed by atoms with Crippen LogP contribution in [0.25, 0.3) is 0 Å². The smallest absolute Gasteiger partial charge is 0.119 e. The number of hydrogen-bond acceptors (Lipinski definition) is 2. The number of benzene rings is 1. The summed E-state index contributed by atoms with van der Waals surface area (Å²) in [6.45, 7) is 5.77. The minimum Gasteiger partial charge on any atom is -0.492 e. The monoisotopic (exact) mass is 308 g/mol. The minimum atomic E-state index is 0.438. The first-order chi connectivity index (χ1) is 8.66. The van der Waals surface area contributed by atoms with Crippen molar-refractivity contribution in [1.82, 2.24) is 9.55 Å². The van der Waals surface area contributed by atoms with Crippen molar-refractivity contribution in [2.24, 2.45) is 0 Å². The highest BCUT2D eigenvalue weighted by Gasteiger charge is 2.06. The van der Waals surface area contributed by atoms with Crippen molar-refractivity contribution >= 4 is 15.9 Å². The average molecular weight is 309 g/mol. The lowest BCUT2D eigenvalue weighted by Gasteiger charge is -2.11. The molecule has 0 amide bonds. The quantitative estimate of drug-likeness (QED) is 0.839. The van der Waals surface area contributed by atoms with Crippen LogP contribution in [-0.2, 0) is 6.54 Å². The van der Waals surface area contributed by atoms with Gasteiger partial charge in [0.05, 0.1) is 6.54 Å². The van der Waals surface area contributed by atoms with Gasteiger partial charge in [-0.25, -0.2) is 4.98 Å². The third kappa shape index (κ3) is 3.35. The van der Waals surface area contributed by atoms with Crippen molar-refractivity contribution in [1.29, 1.82) is 0 Å². The maximum atomic E-state index is 5.70. The molecule has 3 nitrogen and oxygen atoms in total. The van der Waals surface area contributed by atoms with Gasteiger partial charge in [0.15, 0.2) is 0 Å². The van der Waals surface area contributed by atoms with Crippen molar-refractivity contribution in [3.8, 4) is 5.75 Å². The molecule has 0 bridgehead atoms. The summed E-state index contributed by atoms with van der Waals surface area (Å²) in [6, 6.07) is 7.88. The number of rotatable bonds is 5. The summed E-state index contributed by atoms with van der Waals surface area (Å²) in [7, 11) is 0. The van der Waals surface area contributed by atoms with Gasteiger partial charge in [-0.1, -0.05) is 29.8 Å². The van der Waals surface area contributed by atoms with E-state index in [9.17, 15) is 0 Å². The first-order valence-electron chi connectivity index (χ1n) is 6.06. The third-order valence-electron chi connectivity index (χ3n) is 2.68. The highest BCUT2D eigenvalue weighted by Crippen LogP contribution is 2.16. The number of imidazole rings is 1. The normalized spacial score (nSPS) is 10.9. The predicted molar refractivity (Wildman–Crippen MR) is 76.0 cm³/mol. The summed E-state index contributed by atoms with van der Waals surface area (Å²) in [5, 5.41) is 0. The Labute approximate surface area is 116 Å². The molecule has 1 aromatic heterocycles. The van der Waals surface area contributed by atoms with Gasteiger partial charge >= 0.3 is 0 Å². The number of hydrogen-bond donors (Lipinski definition) is 0.